The average molecular weight is 371 g/mol. The van der Waals surface area contributed by atoms with Gasteiger partial charge < -0.3 is 4.74 Å². The van der Waals surface area contributed by atoms with Crippen LogP contribution in [0.25, 0.3) is 0 Å². The first-order chi connectivity index (χ1) is 13.1. The zero-order valence-corrected chi connectivity index (χ0v) is 17.4. The minimum atomic E-state index is -0.0693. The van der Waals surface area contributed by atoms with Crippen molar-refractivity contribution in [2.24, 2.45) is 59.2 Å². The minimum absolute atomic E-state index is 0.0693. The van der Waals surface area contributed by atoms with E-state index in [2.05, 4.69) is 13.8 Å². The maximum absolute atomic E-state index is 13.5. The first kappa shape index (κ1) is 17.3. The number of hydrogen-bond donors (Lipinski definition) is 0. The smallest absolute Gasteiger partial charge is 0.309 e. The first-order valence-corrected chi connectivity index (χ1v) is 12.3. The molecule has 0 radical (unpaired) electrons. The van der Waals surface area contributed by atoms with Crippen LogP contribution in [0.5, 0.6) is 0 Å². The Morgan fingerprint density at radius 1 is 0.778 bits per heavy atom. The topological polar surface area (TPSA) is 26.3 Å². The molecule has 0 N–H and O–H groups in total. The molecule has 0 heterocycles. The summed E-state index contributed by atoms with van der Waals surface area (Å²) < 4.78 is 6.71. The Bertz CT molecular complexity index is 616. The van der Waals surface area contributed by atoms with E-state index in [-0.39, 0.29) is 17.5 Å². The van der Waals surface area contributed by atoms with Crippen molar-refractivity contribution < 1.29 is 9.53 Å². The lowest BCUT2D eigenvalue weighted by molar-refractivity contribution is -0.181. The minimum Gasteiger partial charge on any atom is -0.459 e. The Balaban J connectivity index is 1.24. The van der Waals surface area contributed by atoms with Crippen molar-refractivity contribution in [2.45, 2.75) is 90.1 Å². The van der Waals surface area contributed by atoms with E-state index in [0.29, 0.717) is 17.8 Å². The fraction of sp³-hybridized carbons (Fsp3) is 0.960. The molecule has 0 aliphatic heterocycles. The summed E-state index contributed by atoms with van der Waals surface area (Å²) in [4.78, 5) is 13.5. The lowest BCUT2D eigenvalue weighted by Crippen LogP contribution is -2.49. The number of hydrogen-bond acceptors (Lipinski definition) is 2. The van der Waals surface area contributed by atoms with Gasteiger partial charge in [-0.3, -0.25) is 4.79 Å². The van der Waals surface area contributed by atoms with Crippen LogP contribution in [0.1, 0.15) is 84.5 Å². The third-order valence-electron chi connectivity index (χ3n) is 11.0. The molecular weight excluding hydrogens is 332 g/mol. The van der Waals surface area contributed by atoms with Crippen LogP contribution in [0.2, 0.25) is 0 Å². The van der Waals surface area contributed by atoms with Gasteiger partial charge in [0.1, 0.15) is 5.60 Å². The molecule has 6 rings (SSSR count). The molecule has 0 aromatic heterocycles. The predicted molar refractivity (Wildman–Crippen MR) is 106 cm³/mol. The van der Waals surface area contributed by atoms with Gasteiger partial charge in [0.25, 0.3) is 0 Å². The molecule has 150 valence electrons. The summed E-state index contributed by atoms with van der Waals surface area (Å²) in [5, 5.41) is 0. The lowest BCUT2D eigenvalue weighted by atomic mass is 9.61. The Kier molecular flexibility index (Phi) is 3.84. The van der Waals surface area contributed by atoms with Crippen LogP contribution in [-0.4, -0.2) is 11.6 Å². The molecule has 2 heteroatoms. The third kappa shape index (κ3) is 2.34. The van der Waals surface area contributed by atoms with Gasteiger partial charge in [-0.05, 0) is 105 Å². The highest BCUT2D eigenvalue weighted by Gasteiger charge is 2.62. The summed E-state index contributed by atoms with van der Waals surface area (Å²) in [5.74, 6) is 7.81. The standard InChI is InChI=1S/C25H38O2/c1-14-15(2)20-11-17(14)12-22(20)24(26)27-25(8-3-4-9-25)23-18-10-16-6-5-7-19(23)21(16)13-18/h14-23H,3-13H2,1-2H3. The van der Waals surface area contributed by atoms with E-state index in [0.717, 1.165) is 41.9 Å². The molecule has 2 nitrogen and oxygen atoms in total. The van der Waals surface area contributed by atoms with E-state index in [1.165, 1.54) is 64.2 Å². The second-order valence-corrected chi connectivity index (χ2v) is 11.7. The molecule has 10 unspecified atom stereocenters. The summed E-state index contributed by atoms with van der Waals surface area (Å²) in [6.45, 7) is 4.79. The summed E-state index contributed by atoms with van der Waals surface area (Å²) >= 11 is 0. The van der Waals surface area contributed by atoms with Crippen LogP contribution < -0.4 is 0 Å². The average Bonchev–Trinajstić information content (AvgIpc) is 3.42. The van der Waals surface area contributed by atoms with Crippen LogP contribution in [0.15, 0.2) is 0 Å². The van der Waals surface area contributed by atoms with Crippen LogP contribution in [0.4, 0.5) is 0 Å². The normalized spacial score (nSPS) is 54.6. The zero-order valence-electron chi connectivity index (χ0n) is 17.4. The van der Waals surface area contributed by atoms with Gasteiger partial charge in [-0.25, -0.2) is 0 Å². The Morgan fingerprint density at radius 2 is 1.56 bits per heavy atom. The van der Waals surface area contributed by atoms with Gasteiger partial charge in [-0.15, -0.1) is 0 Å². The second-order valence-electron chi connectivity index (χ2n) is 11.7. The van der Waals surface area contributed by atoms with Gasteiger partial charge in [0, 0.05) is 5.92 Å². The molecule has 4 bridgehead atoms. The van der Waals surface area contributed by atoms with Crippen molar-refractivity contribution in [2.75, 3.05) is 0 Å². The van der Waals surface area contributed by atoms with E-state index in [1.54, 1.807) is 0 Å². The highest BCUT2D eigenvalue weighted by atomic mass is 16.6. The fourth-order valence-corrected chi connectivity index (χ4v) is 9.76. The SMILES string of the molecule is CC1C2CC(C(=O)OC3(C4C5CC6CCCC4C6C5)CCCC3)C(C2)C1C. The van der Waals surface area contributed by atoms with Gasteiger partial charge in [-0.2, -0.15) is 0 Å². The third-order valence-corrected chi connectivity index (χ3v) is 11.0. The van der Waals surface area contributed by atoms with Gasteiger partial charge in [0.05, 0.1) is 5.92 Å². The molecule has 6 saturated carbocycles. The highest BCUT2D eigenvalue weighted by molar-refractivity contribution is 5.74. The predicted octanol–water partition coefficient (Wildman–Crippen LogP) is 5.84. The van der Waals surface area contributed by atoms with E-state index in [9.17, 15) is 4.79 Å². The Labute approximate surface area is 165 Å². The number of rotatable bonds is 3. The highest BCUT2D eigenvalue weighted by Crippen LogP contribution is 2.66. The van der Waals surface area contributed by atoms with Crippen LogP contribution in [-0.2, 0) is 9.53 Å². The number of esters is 1. The molecule has 6 aliphatic carbocycles. The monoisotopic (exact) mass is 370 g/mol. The molecule has 10 atom stereocenters. The Hall–Kier alpha value is -0.530. The summed E-state index contributed by atoms with van der Waals surface area (Å²) in [7, 11) is 0. The molecule has 0 aromatic carbocycles. The fourth-order valence-electron chi connectivity index (χ4n) is 9.76. The molecule has 0 aromatic rings. The van der Waals surface area contributed by atoms with E-state index >= 15 is 0 Å². The maximum Gasteiger partial charge on any atom is 0.309 e. The largest absolute Gasteiger partial charge is 0.459 e. The van der Waals surface area contributed by atoms with E-state index in [4.69, 9.17) is 4.74 Å². The summed E-state index contributed by atoms with van der Waals surface area (Å²) in [5.41, 5.74) is -0.0693. The summed E-state index contributed by atoms with van der Waals surface area (Å²) in [6, 6.07) is 0. The maximum atomic E-state index is 13.5. The van der Waals surface area contributed by atoms with Crippen LogP contribution >= 0.6 is 0 Å². The number of carbonyl (C=O) groups is 1. The van der Waals surface area contributed by atoms with Crippen molar-refractivity contribution >= 4 is 5.97 Å². The van der Waals surface area contributed by atoms with Crippen molar-refractivity contribution in [1.82, 2.24) is 0 Å². The van der Waals surface area contributed by atoms with Crippen molar-refractivity contribution in [3.05, 3.63) is 0 Å². The first-order valence-electron chi connectivity index (χ1n) is 12.3. The number of fused-ring (bicyclic) bond motifs is 3. The molecule has 6 aliphatic rings. The number of ether oxygens (including phenoxy) is 1. The van der Waals surface area contributed by atoms with Crippen molar-refractivity contribution in [3.8, 4) is 0 Å². The number of carbonyl (C=O) groups excluding carboxylic acids is 1. The van der Waals surface area contributed by atoms with Crippen molar-refractivity contribution in [3.63, 3.8) is 0 Å². The molecular formula is C25H38O2. The van der Waals surface area contributed by atoms with Gasteiger partial charge >= 0.3 is 5.97 Å². The van der Waals surface area contributed by atoms with Gasteiger partial charge in [-0.1, -0.05) is 26.7 Å². The molecule has 6 fully saturated rings. The van der Waals surface area contributed by atoms with Crippen molar-refractivity contribution in [1.29, 1.82) is 0 Å². The van der Waals surface area contributed by atoms with Gasteiger partial charge in [0.2, 0.25) is 0 Å². The lowest BCUT2D eigenvalue weighted by Gasteiger charge is -2.48. The Morgan fingerprint density at radius 3 is 2.30 bits per heavy atom. The molecule has 0 saturated heterocycles. The second kappa shape index (κ2) is 5.99. The zero-order chi connectivity index (χ0) is 18.3. The summed E-state index contributed by atoms with van der Waals surface area (Å²) in [6.07, 6.45) is 14.5. The molecule has 0 amide bonds. The quantitative estimate of drug-likeness (QED) is 0.583. The molecule has 27 heavy (non-hydrogen) atoms. The van der Waals surface area contributed by atoms with Crippen LogP contribution in [0.3, 0.4) is 0 Å². The van der Waals surface area contributed by atoms with E-state index < -0.39 is 0 Å². The molecule has 0 spiro atoms. The van der Waals surface area contributed by atoms with Gasteiger partial charge in [0.15, 0.2) is 0 Å². The van der Waals surface area contributed by atoms with E-state index in [1.807, 2.05) is 0 Å². The van der Waals surface area contributed by atoms with Crippen LogP contribution in [0, 0.1) is 59.2 Å².